The van der Waals surface area contributed by atoms with Crippen LogP contribution in [0.2, 0.25) is 0 Å². The van der Waals surface area contributed by atoms with E-state index in [1.54, 1.807) is 0 Å². The zero-order chi connectivity index (χ0) is 19.3. The average Bonchev–Trinajstić information content (AvgIpc) is 3.06. The second kappa shape index (κ2) is 9.02. The zero-order valence-corrected chi connectivity index (χ0v) is 16.4. The van der Waals surface area contributed by atoms with Crippen LogP contribution in [-0.4, -0.2) is 23.9 Å². The van der Waals surface area contributed by atoms with Crippen molar-refractivity contribution >= 4 is 29.2 Å². The highest BCUT2D eigenvalue weighted by atomic mass is 32.1. The van der Waals surface area contributed by atoms with Gasteiger partial charge in [0, 0.05) is 4.88 Å². The van der Waals surface area contributed by atoms with Crippen LogP contribution in [0.1, 0.15) is 60.1 Å². The van der Waals surface area contributed by atoms with E-state index in [0.717, 1.165) is 25.7 Å². The van der Waals surface area contributed by atoms with Crippen LogP contribution in [0, 0.1) is 11.8 Å². The van der Waals surface area contributed by atoms with Crippen molar-refractivity contribution < 1.29 is 14.4 Å². The molecule has 26 heavy (non-hydrogen) atoms. The van der Waals surface area contributed by atoms with Gasteiger partial charge in [0.2, 0.25) is 0 Å². The Morgan fingerprint density at radius 1 is 1.31 bits per heavy atom. The Labute approximate surface area is 158 Å². The van der Waals surface area contributed by atoms with Crippen molar-refractivity contribution in [3.05, 3.63) is 21.4 Å². The van der Waals surface area contributed by atoms with E-state index in [-0.39, 0.29) is 11.8 Å². The van der Waals surface area contributed by atoms with E-state index in [4.69, 9.17) is 5.73 Å². The molecule has 0 aromatic carbocycles. The van der Waals surface area contributed by atoms with Gasteiger partial charge < -0.3 is 11.1 Å². The number of aryl methyl sites for hydroxylation is 1. The Hall–Kier alpha value is -2.09. The van der Waals surface area contributed by atoms with Crippen molar-refractivity contribution in [3.63, 3.8) is 0 Å². The van der Waals surface area contributed by atoms with Crippen molar-refractivity contribution in [1.29, 1.82) is 0 Å². The maximum atomic E-state index is 12.4. The molecule has 1 aliphatic carbocycles. The number of primary amides is 1. The third-order valence-corrected chi connectivity index (χ3v) is 6.31. The molecule has 0 saturated carbocycles. The molecule has 2 rings (SSSR count). The first-order chi connectivity index (χ1) is 12.3. The van der Waals surface area contributed by atoms with Crippen LogP contribution in [-0.2, 0) is 17.6 Å². The van der Waals surface area contributed by atoms with E-state index in [1.165, 1.54) is 21.8 Å². The van der Waals surface area contributed by atoms with Crippen molar-refractivity contribution in [3.8, 4) is 0 Å². The summed E-state index contributed by atoms with van der Waals surface area (Å²) in [6.07, 6.45) is 5.02. The van der Waals surface area contributed by atoms with E-state index in [1.807, 2.05) is 19.9 Å². The summed E-state index contributed by atoms with van der Waals surface area (Å²) in [4.78, 5) is 37.6. The van der Waals surface area contributed by atoms with Crippen LogP contribution >= 0.6 is 11.3 Å². The number of hydrazine groups is 1. The van der Waals surface area contributed by atoms with Gasteiger partial charge in [-0.25, -0.2) is 4.79 Å². The van der Waals surface area contributed by atoms with E-state index >= 15 is 0 Å². The maximum Gasteiger partial charge on any atom is 0.312 e. The molecule has 0 bridgehead atoms. The average molecular weight is 381 g/mol. The van der Waals surface area contributed by atoms with Gasteiger partial charge in [0.15, 0.2) is 0 Å². The topological polar surface area (TPSA) is 113 Å². The van der Waals surface area contributed by atoms with Gasteiger partial charge in [0.1, 0.15) is 6.04 Å². The van der Waals surface area contributed by atoms with Gasteiger partial charge in [-0.3, -0.25) is 20.4 Å². The SMILES string of the molecule is CC[C@@H]1CCc2sc(C(=O)NNC(=O)[C@@H](NC(N)=O)[C@H](C)CC)cc2C1. The summed E-state index contributed by atoms with van der Waals surface area (Å²) < 4.78 is 0. The molecule has 1 aromatic rings. The Balaban J connectivity index is 1.96. The number of carbonyl (C=O) groups is 3. The number of nitrogens with two attached hydrogens (primary N) is 1. The van der Waals surface area contributed by atoms with Crippen LogP contribution in [0.4, 0.5) is 4.79 Å². The smallest absolute Gasteiger partial charge is 0.312 e. The molecule has 144 valence electrons. The molecular weight excluding hydrogens is 352 g/mol. The predicted molar refractivity (Wildman–Crippen MR) is 102 cm³/mol. The van der Waals surface area contributed by atoms with E-state index < -0.39 is 18.0 Å². The van der Waals surface area contributed by atoms with Gasteiger partial charge in [-0.15, -0.1) is 11.3 Å². The zero-order valence-electron chi connectivity index (χ0n) is 15.6. The molecule has 0 radical (unpaired) electrons. The summed E-state index contributed by atoms with van der Waals surface area (Å²) in [5.74, 6) is -0.255. The van der Waals surface area contributed by atoms with Crippen LogP contribution in [0.3, 0.4) is 0 Å². The fraction of sp³-hybridized carbons (Fsp3) is 0.611. The monoisotopic (exact) mass is 380 g/mol. The third-order valence-electron chi connectivity index (χ3n) is 5.08. The van der Waals surface area contributed by atoms with E-state index in [2.05, 4.69) is 23.1 Å². The Morgan fingerprint density at radius 2 is 2.04 bits per heavy atom. The lowest BCUT2D eigenvalue weighted by Crippen LogP contribution is -2.55. The molecule has 7 nitrogen and oxygen atoms in total. The lowest BCUT2D eigenvalue weighted by molar-refractivity contribution is -0.124. The van der Waals surface area contributed by atoms with Crippen LogP contribution in [0.15, 0.2) is 6.07 Å². The molecule has 0 unspecified atom stereocenters. The first-order valence-corrected chi connectivity index (χ1v) is 9.95. The molecule has 0 spiro atoms. The number of rotatable bonds is 6. The molecular formula is C18H28N4O3S. The normalized spacial score (nSPS) is 18.3. The number of hydrogen-bond acceptors (Lipinski definition) is 4. The maximum absolute atomic E-state index is 12.4. The summed E-state index contributed by atoms with van der Waals surface area (Å²) in [5, 5.41) is 2.42. The minimum Gasteiger partial charge on any atom is -0.352 e. The van der Waals surface area contributed by atoms with Gasteiger partial charge in [0.05, 0.1) is 4.88 Å². The molecule has 0 fully saturated rings. The molecule has 3 atom stereocenters. The number of fused-ring (bicyclic) bond motifs is 1. The van der Waals surface area contributed by atoms with E-state index in [0.29, 0.717) is 17.2 Å². The Bertz CT molecular complexity index is 673. The van der Waals surface area contributed by atoms with Gasteiger partial charge >= 0.3 is 6.03 Å². The number of urea groups is 1. The highest BCUT2D eigenvalue weighted by Crippen LogP contribution is 2.33. The lowest BCUT2D eigenvalue weighted by Gasteiger charge is -2.22. The molecule has 5 N–H and O–H groups in total. The number of hydrogen-bond donors (Lipinski definition) is 4. The summed E-state index contributed by atoms with van der Waals surface area (Å²) in [6, 6.07) is 0.366. The molecule has 4 amide bonds. The molecule has 8 heteroatoms. The number of nitrogens with one attached hydrogen (secondary N) is 3. The fourth-order valence-electron chi connectivity index (χ4n) is 3.17. The predicted octanol–water partition coefficient (Wildman–Crippen LogP) is 2.11. The van der Waals surface area contributed by atoms with Crippen molar-refractivity contribution in [2.45, 2.75) is 58.9 Å². The van der Waals surface area contributed by atoms with Gasteiger partial charge in [-0.1, -0.05) is 33.6 Å². The molecule has 1 heterocycles. The highest BCUT2D eigenvalue weighted by molar-refractivity contribution is 7.14. The van der Waals surface area contributed by atoms with Gasteiger partial charge in [-0.05, 0) is 42.7 Å². The minimum absolute atomic E-state index is 0.112. The van der Waals surface area contributed by atoms with Crippen LogP contribution in [0.5, 0.6) is 0 Å². The second-order valence-electron chi connectivity index (χ2n) is 6.89. The number of carbonyl (C=O) groups excluding carboxylic acids is 3. The summed E-state index contributed by atoms with van der Waals surface area (Å²) >= 11 is 1.48. The Kier molecular flexibility index (Phi) is 7.02. The lowest BCUT2D eigenvalue weighted by atomic mass is 9.87. The standard InChI is InChI=1S/C18H28N4O3S/c1-4-10(3)15(20-18(19)25)17(24)22-21-16(23)14-9-12-8-11(5-2)6-7-13(12)26-14/h9-11,15H,4-8H2,1-3H3,(H,21,23)(H,22,24)(H3,19,20,25)/t10-,11-,15+/m1/s1. The van der Waals surface area contributed by atoms with Crippen molar-refractivity contribution in [1.82, 2.24) is 16.2 Å². The number of amides is 4. The molecule has 1 aliphatic rings. The fourth-order valence-corrected chi connectivity index (χ4v) is 4.28. The van der Waals surface area contributed by atoms with Gasteiger partial charge in [-0.2, -0.15) is 0 Å². The van der Waals surface area contributed by atoms with Crippen molar-refractivity contribution in [2.75, 3.05) is 0 Å². The Morgan fingerprint density at radius 3 is 2.65 bits per heavy atom. The third kappa shape index (κ3) is 4.97. The van der Waals surface area contributed by atoms with Crippen molar-refractivity contribution in [2.24, 2.45) is 17.6 Å². The summed E-state index contributed by atoms with van der Waals surface area (Å²) in [6.45, 7) is 5.93. The first kappa shape index (κ1) is 20.2. The quantitative estimate of drug-likeness (QED) is 0.567. The number of thiophene rings is 1. The summed E-state index contributed by atoms with van der Waals surface area (Å²) in [7, 11) is 0. The minimum atomic E-state index is -0.792. The summed E-state index contributed by atoms with van der Waals surface area (Å²) in [5.41, 5.74) is 11.2. The largest absolute Gasteiger partial charge is 0.352 e. The van der Waals surface area contributed by atoms with Gasteiger partial charge in [0.25, 0.3) is 11.8 Å². The molecule has 0 aliphatic heterocycles. The molecule has 1 aromatic heterocycles. The second-order valence-corrected chi connectivity index (χ2v) is 8.03. The highest BCUT2D eigenvalue weighted by Gasteiger charge is 2.26. The molecule has 0 saturated heterocycles. The van der Waals surface area contributed by atoms with E-state index in [9.17, 15) is 14.4 Å². The van der Waals surface area contributed by atoms with Crippen LogP contribution < -0.4 is 21.9 Å². The van der Waals surface area contributed by atoms with Crippen LogP contribution in [0.25, 0.3) is 0 Å². The first-order valence-electron chi connectivity index (χ1n) is 9.13.